The van der Waals surface area contributed by atoms with Gasteiger partial charge in [-0.2, -0.15) is 0 Å². The standard InChI is InChI=1S/C23H25N3O2.ClH/c24-14-12-18-6-9-19(10-7-18)23(27)26-15-13-21-20(16-26)25-22(28-21)11-8-17-4-2-1-3-5-17;/h1-7,9-10H,8,11-16,24H2;1H. The number of aryl methyl sites for hydroxylation is 2. The fraction of sp³-hybridized carbons (Fsp3) is 0.304. The van der Waals surface area contributed by atoms with Gasteiger partial charge in [0.2, 0.25) is 0 Å². The molecule has 5 nitrogen and oxygen atoms in total. The number of fused-ring (bicyclic) bond motifs is 1. The lowest BCUT2D eigenvalue weighted by Crippen LogP contribution is -2.35. The summed E-state index contributed by atoms with van der Waals surface area (Å²) in [6.45, 7) is 1.78. The van der Waals surface area contributed by atoms with E-state index in [1.54, 1.807) is 0 Å². The van der Waals surface area contributed by atoms with E-state index in [9.17, 15) is 4.79 Å². The summed E-state index contributed by atoms with van der Waals surface area (Å²) in [5.41, 5.74) is 9.61. The van der Waals surface area contributed by atoms with Crippen LogP contribution in [0.4, 0.5) is 0 Å². The Hall–Kier alpha value is -2.63. The van der Waals surface area contributed by atoms with Crippen LogP contribution in [0.1, 0.15) is 38.8 Å². The molecule has 152 valence electrons. The van der Waals surface area contributed by atoms with Gasteiger partial charge < -0.3 is 15.1 Å². The summed E-state index contributed by atoms with van der Waals surface area (Å²) >= 11 is 0. The van der Waals surface area contributed by atoms with E-state index in [0.29, 0.717) is 31.6 Å². The van der Waals surface area contributed by atoms with Gasteiger partial charge in [0.15, 0.2) is 5.89 Å². The third kappa shape index (κ3) is 5.05. The Labute approximate surface area is 177 Å². The first-order valence-corrected chi connectivity index (χ1v) is 9.82. The predicted molar refractivity (Wildman–Crippen MR) is 115 cm³/mol. The number of aromatic nitrogens is 1. The van der Waals surface area contributed by atoms with E-state index in [1.165, 1.54) is 5.56 Å². The van der Waals surface area contributed by atoms with Crippen molar-refractivity contribution in [1.29, 1.82) is 0 Å². The maximum atomic E-state index is 12.8. The molecule has 0 atom stereocenters. The Morgan fingerprint density at radius 3 is 2.45 bits per heavy atom. The second-order valence-electron chi connectivity index (χ2n) is 7.18. The zero-order valence-corrected chi connectivity index (χ0v) is 17.2. The van der Waals surface area contributed by atoms with Crippen LogP contribution >= 0.6 is 12.4 Å². The number of nitrogens with two attached hydrogens (primary N) is 1. The van der Waals surface area contributed by atoms with Gasteiger partial charge >= 0.3 is 0 Å². The van der Waals surface area contributed by atoms with Crippen molar-refractivity contribution in [2.45, 2.75) is 32.2 Å². The largest absolute Gasteiger partial charge is 0.445 e. The number of amides is 1. The lowest BCUT2D eigenvalue weighted by molar-refractivity contribution is 0.0728. The fourth-order valence-electron chi connectivity index (χ4n) is 3.59. The molecule has 0 radical (unpaired) electrons. The van der Waals surface area contributed by atoms with Gasteiger partial charge in [0.25, 0.3) is 5.91 Å². The number of oxazole rings is 1. The molecular formula is C23H26ClN3O2. The zero-order valence-electron chi connectivity index (χ0n) is 16.3. The van der Waals surface area contributed by atoms with E-state index in [-0.39, 0.29) is 18.3 Å². The first-order chi connectivity index (χ1) is 13.7. The molecule has 2 N–H and O–H groups in total. The summed E-state index contributed by atoms with van der Waals surface area (Å²) in [6.07, 6.45) is 3.21. The molecule has 6 heteroatoms. The van der Waals surface area contributed by atoms with Crippen molar-refractivity contribution in [2.75, 3.05) is 13.1 Å². The topological polar surface area (TPSA) is 72.4 Å². The van der Waals surface area contributed by atoms with Crippen LogP contribution in [-0.2, 0) is 32.2 Å². The first kappa shape index (κ1) is 21.1. The molecule has 29 heavy (non-hydrogen) atoms. The summed E-state index contributed by atoms with van der Waals surface area (Å²) in [5.74, 6) is 1.72. The van der Waals surface area contributed by atoms with Gasteiger partial charge in [-0.15, -0.1) is 12.4 Å². The highest BCUT2D eigenvalue weighted by atomic mass is 35.5. The fourth-order valence-corrected chi connectivity index (χ4v) is 3.59. The molecule has 0 aliphatic carbocycles. The monoisotopic (exact) mass is 411 g/mol. The average molecular weight is 412 g/mol. The molecular weight excluding hydrogens is 386 g/mol. The highest BCUT2D eigenvalue weighted by Crippen LogP contribution is 2.22. The summed E-state index contributed by atoms with van der Waals surface area (Å²) in [4.78, 5) is 19.3. The van der Waals surface area contributed by atoms with Gasteiger partial charge in [0, 0.05) is 24.9 Å². The van der Waals surface area contributed by atoms with Crippen LogP contribution in [0.5, 0.6) is 0 Å². The van der Waals surface area contributed by atoms with Crippen molar-refractivity contribution in [3.05, 3.63) is 88.6 Å². The summed E-state index contributed by atoms with van der Waals surface area (Å²) in [7, 11) is 0. The summed E-state index contributed by atoms with van der Waals surface area (Å²) in [5, 5.41) is 0. The second-order valence-corrected chi connectivity index (χ2v) is 7.18. The van der Waals surface area contributed by atoms with E-state index < -0.39 is 0 Å². The molecule has 0 saturated carbocycles. The van der Waals surface area contributed by atoms with Crippen molar-refractivity contribution in [1.82, 2.24) is 9.88 Å². The highest BCUT2D eigenvalue weighted by Gasteiger charge is 2.26. The van der Waals surface area contributed by atoms with Crippen molar-refractivity contribution >= 4 is 18.3 Å². The van der Waals surface area contributed by atoms with Crippen molar-refractivity contribution < 1.29 is 9.21 Å². The molecule has 1 aromatic heterocycles. The molecule has 2 aromatic carbocycles. The van der Waals surface area contributed by atoms with Crippen molar-refractivity contribution in [3.63, 3.8) is 0 Å². The van der Waals surface area contributed by atoms with Gasteiger partial charge in [0.1, 0.15) is 11.5 Å². The van der Waals surface area contributed by atoms with E-state index in [4.69, 9.17) is 10.2 Å². The molecule has 0 bridgehead atoms. The van der Waals surface area contributed by atoms with Crippen molar-refractivity contribution in [3.8, 4) is 0 Å². The van der Waals surface area contributed by atoms with Crippen LogP contribution in [0, 0.1) is 0 Å². The number of benzene rings is 2. The SMILES string of the molecule is Cl.NCCc1ccc(C(=O)N2CCc3oc(CCc4ccccc4)nc3C2)cc1. The third-order valence-electron chi connectivity index (χ3n) is 5.16. The van der Waals surface area contributed by atoms with Crippen LogP contribution < -0.4 is 5.73 Å². The second kappa shape index (κ2) is 9.72. The number of hydrogen-bond acceptors (Lipinski definition) is 4. The normalized spacial score (nSPS) is 12.9. The maximum Gasteiger partial charge on any atom is 0.254 e. The van der Waals surface area contributed by atoms with Crippen LogP contribution in [0.3, 0.4) is 0 Å². The molecule has 1 amide bonds. The molecule has 0 spiro atoms. The van der Waals surface area contributed by atoms with E-state index >= 15 is 0 Å². The molecule has 0 fully saturated rings. The van der Waals surface area contributed by atoms with Crippen LogP contribution in [0.25, 0.3) is 0 Å². The Morgan fingerprint density at radius 2 is 1.72 bits per heavy atom. The number of rotatable bonds is 6. The molecule has 0 saturated heterocycles. The number of hydrogen-bond donors (Lipinski definition) is 1. The molecule has 0 unspecified atom stereocenters. The summed E-state index contributed by atoms with van der Waals surface area (Å²) in [6, 6.07) is 18.1. The van der Waals surface area contributed by atoms with Crippen molar-refractivity contribution in [2.24, 2.45) is 5.73 Å². The van der Waals surface area contributed by atoms with Crippen LogP contribution in [-0.4, -0.2) is 28.9 Å². The lowest BCUT2D eigenvalue weighted by atomic mass is 10.1. The van der Waals surface area contributed by atoms with Gasteiger partial charge in [0.05, 0.1) is 6.54 Å². The van der Waals surface area contributed by atoms with Crippen LogP contribution in [0.15, 0.2) is 59.0 Å². The average Bonchev–Trinajstić information content (AvgIpc) is 3.15. The minimum absolute atomic E-state index is 0. The molecule has 2 heterocycles. The number of halogens is 1. The molecule has 3 aromatic rings. The highest BCUT2D eigenvalue weighted by molar-refractivity contribution is 5.94. The predicted octanol–water partition coefficient (Wildman–Crippen LogP) is 3.58. The Kier molecular flexibility index (Phi) is 7.07. The quantitative estimate of drug-likeness (QED) is 0.672. The number of carbonyl (C=O) groups is 1. The lowest BCUT2D eigenvalue weighted by Gasteiger charge is -2.25. The zero-order chi connectivity index (χ0) is 19.3. The first-order valence-electron chi connectivity index (χ1n) is 9.82. The molecule has 1 aliphatic heterocycles. The van der Waals surface area contributed by atoms with Crippen LogP contribution in [0.2, 0.25) is 0 Å². The number of carbonyl (C=O) groups excluding carboxylic acids is 1. The van der Waals surface area contributed by atoms with Gasteiger partial charge in [-0.3, -0.25) is 4.79 Å². The smallest absolute Gasteiger partial charge is 0.254 e. The van der Waals surface area contributed by atoms with Gasteiger partial charge in [-0.05, 0) is 42.6 Å². The van der Waals surface area contributed by atoms with E-state index in [0.717, 1.165) is 42.2 Å². The Balaban J connectivity index is 0.00000240. The minimum Gasteiger partial charge on any atom is -0.445 e. The Bertz CT molecular complexity index is 939. The molecule has 4 rings (SSSR count). The maximum absolute atomic E-state index is 12.8. The van der Waals surface area contributed by atoms with E-state index in [2.05, 4.69) is 17.1 Å². The molecule has 1 aliphatic rings. The van der Waals surface area contributed by atoms with Gasteiger partial charge in [-0.25, -0.2) is 4.98 Å². The minimum atomic E-state index is 0. The third-order valence-corrected chi connectivity index (χ3v) is 5.16. The Morgan fingerprint density at radius 1 is 1.00 bits per heavy atom. The number of nitrogens with zero attached hydrogens (tertiary/aromatic N) is 2. The van der Waals surface area contributed by atoms with Gasteiger partial charge in [-0.1, -0.05) is 42.5 Å². The van der Waals surface area contributed by atoms with E-state index in [1.807, 2.05) is 47.4 Å². The summed E-state index contributed by atoms with van der Waals surface area (Å²) < 4.78 is 5.94.